The molecular formula is C14H24N4. The molecule has 18 heavy (non-hydrogen) atoms. The van der Waals surface area contributed by atoms with Gasteiger partial charge in [-0.3, -0.25) is 5.10 Å². The van der Waals surface area contributed by atoms with E-state index in [2.05, 4.69) is 10.2 Å². The standard InChI is InChI=1S/C14H24N4/c15-14(9-5-2-6-10-14)13-16-12(17-18-13)11-7-3-1-4-8-11/h11H,1-10,15H2,(H,16,17,18). The number of hydrogen-bond acceptors (Lipinski definition) is 3. The Kier molecular flexibility index (Phi) is 3.37. The Balaban J connectivity index is 1.75. The lowest BCUT2D eigenvalue weighted by molar-refractivity contribution is 0.287. The lowest BCUT2D eigenvalue weighted by Crippen LogP contribution is -2.39. The zero-order valence-electron chi connectivity index (χ0n) is 11.1. The predicted octanol–water partition coefficient (Wildman–Crippen LogP) is 2.97. The van der Waals surface area contributed by atoms with Crippen LogP contribution in [-0.2, 0) is 5.54 Å². The highest BCUT2D eigenvalue weighted by atomic mass is 15.2. The first-order valence-electron chi connectivity index (χ1n) is 7.50. The fourth-order valence-corrected chi connectivity index (χ4v) is 3.46. The van der Waals surface area contributed by atoms with Crippen molar-refractivity contribution in [2.45, 2.75) is 75.7 Å². The fourth-order valence-electron chi connectivity index (χ4n) is 3.46. The van der Waals surface area contributed by atoms with E-state index in [1.54, 1.807) is 0 Å². The normalized spacial score (nSPS) is 25.2. The largest absolute Gasteiger partial charge is 0.319 e. The van der Waals surface area contributed by atoms with Gasteiger partial charge in [-0.25, -0.2) is 4.98 Å². The van der Waals surface area contributed by atoms with E-state index in [9.17, 15) is 0 Å². The number of aromatic nitrogens is 3. The summed E-state index contributed by atoms with van der Waals surface area (Å²) >= 11 is 0. The Labute approximate surface area is 109 Å². The van der Waals surface area contributed by atoms with E-state index in [1.807, 2.05) is 0 Å². The summed E-state index contributed by atoms with van der Waals surface area (Å²) in [6.07, 6.45) is 12.3. The van der Waals surface area contributed by atoms with Gasteiger partial charge in [0.15, 0.2) is 5.82 Å². The molecule has 2 aliphatic rings. The first kappa shape index (κ1) is 12.2. The molecular weight excluding hydrogens is 224 g/mol. The molecule has 4 heteroatoms. The topological polar surface area (TPSA) is 67.6 Å². The molecule has 100 valence electrons. The van der Waals surface area contributed by atoms with Crippen molar-refractivity contribution in [3.63, 3.8) is 0 Å². The van der Waals surface area contributed by atoms with Crippen LogP contribution in [0.5, 0.6) is 0 Å². The van der Waals surface area contributed by atoms with Crippen LogP contribution >= 0.6 is 0 Å². The number of nitrogens with one attached hydrogen (secondary N) is 1. The van der Waals surface area contributed by atoms with Crippen molar-refractivity contribution in [2.24, 2.45) is 5.73 Å². The first-order valence-corrected chi connectivity index (χ1v) is 7.50. The summed E-state index contributed by atoms with van der Waals surface area (Å²) in [6.45, 7) is 0. The van der Waals surface area contributed by atoms with Gasteiger partial charge in [-0.05, 0) is 25.7 Å². The van der Waals surface area contributed by atoms with Gasteiger partial charge in [0.1, 0.15) is 5.82 Å². The minimum Gasteiger partial charge on any atom is -0.319 e. The molecule has 1 aromatic rings. The molecule has 0 atom stereocenters. The summed E-state index contributed by atoms with van der Waals surface area (Å²) < 4.78 is 0. The Morgan fingerprint density at radius 3 is 2.39 bits per heavy atom. The Morgan fingerprint density at radius 2 is 1.67 bits per heavy atom. The van der Waals surface area contributed by atoms with Crippen molar-refractivity contribution in [2.75, 3.05) is 0 Å². The Bertz CT molecular complexity index is 386. The van der Waals surface area contributed by atoms with Crippen LogP contribution in [0.1, 0.15) is 81.8 Å². The van der Waals surface area contributed by atoms with Crippen LogP contribution in [0, 0.1) is 0 Å². The summed E-state index contributed by atoms with van der Waals surface area (Å²) in [5.41, 5.74) is 6.22. The van der Waals surface area contributed by atoms with Crippen LogP contribution in [-0.4, -0.2) is 15.2 Å². The van der Waals surface area contributed by atoms with E-state index >= 15 is 0 Å². The number of nitrogens with two attached hydrogens (primary N) is 1. The summed E-state index contributed by atoms with van der Waals surface area (Å²) in [5.74, 6) is 2.54. The zero-order chi connectivity index (χ0) is 12.4. The van der Waals surface area contributed by atoms with E-state index in [1.165, 1.54) is 51.4 Å². The monoisotopic (exact) mass is 248 g/mol. The maximum absolute atomic E-state index is 6.48. The number of rotatable bonds is 2. The van der Waals surface area contributed by atoms with Crippen molar-refractivity contribution in [3.8, 4) is 0 Å². The summed E-state index contributed by atoms with van der Waals surface area (Å²) in [4.78, 5) is 4.74. The number of hydrogen-bond donors (Lipinski definition) is 2. The second-order valence-electron chi connectivity index (χ2n) is 6.10. The average molecular weight is 248 g/mol. The molecule has 0 aliphatic heterocycles. The molecule has 1 aromatic heterocycles. The van der Waals surface area contributed by atoms with E-state index in [0.717, 1.165) is 24.5 Å². The van der Waals surface area contributed by atoms with Crippen molar-refractivity contribution in [3.05, 3.63) is 11.6 Å². The number of aromatic amines is 1. The lowest BCUT2D eigenvalue weighted by atomic mass is 9.82. The molecule has 0 aromatic carbocycles. The van der Waals surface area contributed by atoms with Crippen LogP contribution in [0.15, 0.2) is 0 Å². The van der Waals surface area contributed by atoms with Crippen LogP contribution in [0.3, 0.4) is 0 Å². The fraction of sp³-hybridized carbons (Fsp3) is 0.857. The second-order valence-corrected chi connectivity index (χ2v) is 6.10. The molecule has 3 N–H and O–H groups in total. The molecule has 0 unspecified atom stereocenters. The third-order valence-corrected chi connectivity index (χ3v) is 4.69. The molecule has 4 nitrogen and oxygen atoms in total. The maximum Gasteiger partial charge on any atom is 0.170 e. The smallest absolute Gasteiger partial charge is 0.170 e. The molecule has 0 amide bonds. The van der Waals surface area contributed by atoms with Crippen molar-refractivity contribution in [1.29, 1.82) is 0 Å². The lowest BCUT2D eigenvalue weighted by Gasteiger charge is -2.30. The van der Waals surface area contributed by atoms with Gasteiger partial charge in [-0.15, -0.1) is 0 Å². The molecule has 2 saturated carbocycles. The van der Waals surface area contributed by atoms with Crippen molar-refractivity contribution >= 4 is 0 Å². The first-order chi connectivity index (χ1) is 8.78. The van der Waals surface area contributed by atoms with Crippen LogP contribution in [0.25, 0.3) is 0 Å². The van der Waals surface area contributed by atoms with Crippen molar-refractivity contribution in [1.82, 2.24) is 15.2 Å². The molecule has 0 bridgehead atoms. The van der Waals surface area contributed by atoms with Gasteiger partial charge in [0.05, 0.1) is 5.54 Å². The van der Waals surface area contributed by atoms with Crippen molar-refractivity contribution < 1.29 is 0 Å². The minimum absolute atomic E-state index is 0.262. The summed E-state index contributed by atoms with van der Waals surface area (Å²) in [6, 6.07) is 0. The molecule has 0 radical (unpaired) electrons. The van der Waals surface area contributed by atoms with Gasteiger partial charge in [0.25, 0.3) is 0 Å². The molecule has 0 saturated heterocycles. The van der Waals surface area contributed by atoms with Gasteiger partial charge in [-0.2, -0.15) is 5.10 Å². The molecule has 1 heterocycles. The van der Waals surface area contributed by atoms with Gasteiger partial charge in [0.2, 0.25) is 0 Å². The predicted molar refractivity (Wildman–Crippen MR) is 71.2 cm³/mol. The summed E-state index contributed by atoms with van der Waals surface area (Å²) in [5, 5.41) is 7.58. The zero-order valence-corrected chi connectivity index (χ0v) is 11.1. The maximum atomic E-state index is 6.48. The highest BCUT2D eigenvalue weighted by Crippen LogP contribution is 2.35. The average Bonchev–Trinajstić information content (AvgIpc) is 2.91. The Hall–Kier alpha value is -0.900. The SMILES string of the molecule is NC1(c2n[nH]c(C3CCCCC3)n2)CCCCC1. The van der Waals surface area contributed by atoms with E-state index in [0.29, 0.717) is 5.92 Å². The van der Waals surface area contributed by atoms with Gasteiger partial charge < -0.3 is 5.73 Å². The quantitative estimate of drug-likeness (QED) is 0.845. The number of nitrogens with zero attached hydrogens (tertiary/aromatic N) is 2. The highest BCUT2D eigenvalue weighted by molar-refractivity contribution is 5.09. The highest BCUT2D eigenvalue weighted by Gasteiger charge is 2.34. The van der Waals surface area contributed by atoms with Gasteiger partial charge >= 0.3 is 0 Å². The third-order valence-electron chi connectivity index (χ3n) is 4.69. The third kappa shape index (κ3) is 2.30. The minimum atomic E-state index is -0.262. The second kappa shape index (κ2) is 5.00. The molecule has 2 aliphatic carbocycles. The molecule has 3 rings (SSSR count). The van der Waals surface area contributed by atoms with Crippen LogP contribution < -0.4 is 5.73 Å². The van der Waals surface area contributed by atoms with E-state index < -0.39 is 0 Å². The van der Waals surface area contributed by atoms with E-state index in [4.69, 9.17) is 10.7 Å². The number of H-pyrrole nitrogens is 1. The Morgan fingerprint density at radius 1 is 1.00 bits per heavy atom. The van der Waals surface area contributed by atoms with Crippen LogP contribution in [0.4, 0.5) is 0 Å². The molecule has 2 fully saturated rings. The van der Waals surface area contributed by atoms with Gasteiger partial charge in [0, 0.05) is 5.92 Å². The van der Waals surface area contributed by atoms with Crippen LogP contribution in [0.2, 0.25) is 0 Å². The van der Waals surface area contributed by atoms with Gasteiger partial charge in [-0.1, -0.05) is 38.5 Å². The summed E-state index contributed by atoms with van der Waals surface area (Å²) in [7, 11) is 0. The van der Waals surface area contributed by atoms with E-state index in [-0.39, 0.29) is 5.54 Å². The molecule has 0 spiro atoms.